The molecule has 3 fully saturated rings. The molecular formula is C36H45N3O4S. The summed E-state index contributed by atoms with van der Waals surface area (Å²) in [5.41, 5.74) is 1.74. The Labute approximate surface area is 266 Å². The van der Waals surface area contributed by atoms with Crippen LogP contribution in [-0.2, 0) is 20.9 Å². The van der Waals surface area contributed by atoms with Crippen LogP contribution >= 0.6 is 11.8 Å². The van der Waals surface area contributed by atoms with Gasteiger partial charge in [0.15, 0.2) is 0 Å². The third-order valence-corrected chi connectivity index (χ3v) is 11.6. The first kappa shape index (κ1) is 32.0. The van der Waals surface area contributed by atoms with E-state index in [0.717, 1.165) is 17.7 Å². The fourth-order valence-electron chi connectivity index (χ4n) is 7.83. The van der Waals surface area contributed by atoms with Crippen LogP contribution in [0.2, 0.25) is 0 Å². The van der Waals surface area contributed by atoms with Crippen LogP contribution in [0.25, 0.3) is 0 Å². The normalized spacial score (nSPS) is 27.7. The second-order valence-corrected chi connectivity index (χ2v) is 14.9. The van der Waals surface area contributed by atoms with Crippen LogP contribution in [-0.4, -0.2) is 73.9 Å². The molecule has 2 aromatic rings. The molecule has 6 atom stereocenters. The van der Waals surface area contributed by atoms with Gasteiger partial charge in [0.2, 0.25) is 17.7 Å². The van der Waals surface area contributed by atoms with Gasteiger partial charge in [0, 0.05) is 30.1 Å². The van der Waals surface area contributed by atoms with Crippen LogP contribution in [0.3, 0.4) is 0 Å². The molecule has 0 aromatic heterocycles. The third-order valence-electron chi connectivity index (χ3n) is 9.59. The maximum atomic E-state index is 14.8. The highest BCUT2D eigenvalue weighted by atomic mass is 32.2. The predicted octanol–water partition coefficient (Wildman–Crippen LogP) is 5.31. The van der Waals surface area contributed by atoms with Gasteiger partial charge < -0.3 is 19.8 Å². The smallest absolute Gasteiger partial charge is 0.247 e. The standard InChI is InChI=1S/C36H45N3O4S/c1-6-20-37(23-26-14-10-8-11-15-26)34(43)31-36-19-18-35(5,44-36)29(30(36)33(42)39(31)28(24-40)22-25(3)4)32(41)38(21-7-2)27-16-12-9-13-17-27/h6-17,25,28-31,40H,1-2,18-24H2,3-5H3/t28-,29-,30+,31?,35+,36?/m1/s1. The molecule has 0 saturated carbocycles. The van der Waals surface area contributed by atoms with Crippen LogP contribution in [0.15, 0.2) is 86.0 Å². The van der Waals surface area contributed by atoms with Crippen molar-refractivity contribution in [1.29, 1.82) is 0 Å². The van der Waals surface area contributed by atoms with E-state index in [0.29, 0.717) is 32.5 Å². The van der Waals surface area contributed by atoms with Crippen molar-refractivity contribution in [3.05, 3.63) is 91.5 Å². The Balaban J connectivity index is 1.60. The Morgan fingerprint density at radius 3 is 2.25 bits per heavy atom. The van der Waals surface area contributed by atoms with Crippen LogP contribution in [0, 0.1) is 17.8 Å². The van der Waals surface area contributed by atoms with Crippen molar-refractivity contribution in [3.8, 4) is 0 Å². The molecule has 3 aliphatic rings. The average molecular weight is 616 g/mol. The van der Waals surface area contributed by atoms with Gasteiger partial charge in [0.05, 0.1) is 29.2 Å². The van der Waals surface area contributed by atoms with Crippen LogP contribution in [0.1, 0.15) is 45.6 Å². The van der Waals surface area contributed by atoms with Gasteiger partial charge in [-0.15, -0.1) is 24.9 Å². The van der Waals surface area contributed by atoms with E-state index in [1.165, 1.54) is 0 Å². The number of anilines is 1. The Hall–Kier alpha value is -3.36. The molecule has 5 rings (SSSR count). The highest BCUT2D eigenvalue weighted by molar-refractivity contribution is 8.02. The minimum Gasteiger partial charge on any atom is -0.394 e. The zero-order chi connectivity index (χ0) is 31.6. The number of aliphatic hydroxyl groups excluding tert-OH is 1. The summed E-state index contributed by atoms with van der Waals surface area (Å²) in [5, 5.41) is 10.7. The molecule has 8 heteroatoms. The fourth-order valence-corrected chi connectivity index (χ4v) is 10.2. The first-order valence-electron chi connectivity index (χ1n) is 15.7. The number of likely N-dealkylation sites (tertiary alicyclic amines) is 1. The van der Waals surface area contributed by atoms with Crippen molar-refractivity contribution in [2.45, 2.75) is 68.2 Å². The minimum absolute atomic E-state index is 0.115. The quantitative estimate of drug-likeness (QED) is 0.309. The number of rotatable bonds is 13. The highest BCUT2D eigenvalue weighted by Gasteiger charge is 2.78. The molecule has 44 heavy (non-hydrogen) atoms. The number of para-hydroxylation sites is 1. The molecular weight excluding hydrogens is 570 g/mol. The number of hydrogen-bond donors (Lipinski definition) is 1. The Kier molecular flexibility index (Phi) is 9.42. The highest BCUT2D eigenvalue weighted by Crippen LogP contribution is 2.72. The predicted molar refractivity (Wildman–Crippen MR) is 177 cm³/mol. The van der Waals surface area contributed by atoms with Crippen molar-refractivity contribution in [2.75, 3.05) is 24.6 Å². The average Bonchev–Trinajstić information content (AvgIpc) is 3.59. The monoisotopic (exact) mass is 615 g/mol. The summed E-state index contributed by atoms with van der Waals surface area (Å²) in [7, 11) is 0. The lowest BCUT2D eigenvalue weighted by Crippen LogP contribution is -2.57. The molecule has 3 aliphatic heterocycles. The van der Waals surface area contributed by atoms with Gasteiger partial charge in [-0.25, -0.2) is 0 Å². The molecule has 1 N–H and O–H groups in total. The SMILES string of the molecule is C=CCN(Cc1ccccc1)C(=O)C1N([C@@H](CO)CC(C)C)C(=O)[C@@H]2[C@H](C(=O)N(CC=C)c3ccccc3)[C@]3(C)CCC12S3. The molecule has 234 valence electrons. The molecule has 2 bridgehead atoms. The van der Waals surface area contributed by atoms with Gasteiger partial charge >= 0.3 is 0 Å². The van der Waals surface area contributed by atoms with Gasteiger partial charge in [-0.1, -0.05) is 74.5 Å². The number of thioether (sulfide) groups is 1. The molecule has 0 aliphatic carbocycles. The van der Waals surface area contributed by atoms with Gasteiger partial charge in [0.25, 0.3) is 0 Å². The molecule has 3 heterocycles. The minimum atomic E-state index is -0.797. The van der Waals surface area contributed by atoms with Crippen molar-refractivity contribution in [2.24, 2.45) is 17.8 Å². The molecule has 3 amide bonds. The maximum Gasteiger partial charge on any atom is 0.247 e. The third kappa shape index (κ3) is 5.51. The summed E-state index contributed by atoms with van der Waals surface area (Å²) in [6.45, 7) is 14.8. The summed E-state index contributed by atoms with van der Waals surface area (Å²) in [5.74, 6) is -1.55. The number of fused-ring (bicyclic) bond motifs is 1. The first-order chi connectivity index (χ1) is 21.1. The Morgan fingerprint density at radius 2 is 1.66 bits per heavy atom. The number of amides is 3. The second kappa shape index (κ2) is 12.9. The number of benzene rings is 2. The number of carbonyl (C=O) groups excluding carboxylic acids is 3. The van der Waals surface area contributed by atoms with E-state index in [-0.39, 0.29) is 30.2 Å². The van der Waals surface area contributed by atoms with Gasteiger partial charge in [-0.05, 0) is 49.8 Å². The summed E-state index contributed by atoms with van der Waals surface area (Å²) in [6, 6.07) is 18.0. The van der Waals surface area contributed by atoms with E-state index in [4.69, 9.17) is 0 Å². The molecule has 0 radical (unpaired) electrons. The van der Waals surface area contributed by atoms with Crippen molar-refractivity contribution < 1.29 is 19.5 Å². The summed E-state index contributed by atoms with van der Waals surface area (Å²) < 4.78 is -1.29. The number of carbonyl (C=O) groups is 3. The van der Waals surface area contributed by atoms with E-state index in [2.05, 4.69) is 33.9 Å². The van der Waals surface area contributed by atoms with E-state index >= 15 is 0 Å². The lowest BCUT2D eigenvalue weighted by molar-refractivity contribution is -0.146. The zero-order valence-electron chi connectivity index (χ0n) is 26.1. The largest absolute Gasteiger partial charge is 0.394 e. The molecule has 1 spiro atoms. The van der Waals surface area contributed by atoms with Crippen LogP contribution < -0.4 is 4.90 Å². The van der Waals surface area contributed by atoms with Crippen molar-refractivity contribution >= 4 is 35.2 Å². The van der Waals surface area contributed by atoms with Crippen molar-refractivity contribution in [3.63, 3.8) is 0 Å². The van der Waals surface area contributed by atoms with Crippen LogP contribution in [0.5, 0.6) is 0 Å². The summed E-state index contributed by atoms with van der Waals surface area (Å²) in [6.07, 6.45) is 5.36. The zero-order valence-corrected chi connectivity index (χ0v) is 26.9. The summed E-state index contributed by atoms with van der Waals surface area (Å²) >= 11 is 1.66. The lowest BCUT2D eigenvalue weighted by atomic mass is 9.66. The van der Waals surface area contributed by atoms with Gasteiger partial charge in [-0.3, -0.25) is 14.4 Å². The molecule has 2 aromatic carbocycles. The Morgan fingerprint density at radius 1 is 1.02 bits per heavy atom. The van der Waals surface area contributed by atoms with E-state index in [1.54, 1.807) is 38.6 Å². The number of hydrogen-bond acceptors (Lipinski definition) is 5. The van der Waals surface area contributed by atoms with E-state index in [1.807, 2.05) is 60.7 Å². The van der Waals surface area contributed by atoms with Crippen molar-refractivity contribution in [1.82, 2.24) is 9.80 Å². The van der Waals surface area contributed by atoms with E-state index in [9.17, 15) is 19.5 Å². The second-order valence-electron chi connectivity index (χ2n) is 13.0. The van der Waals surface area contributed by atoms with Gasteiger partial charge in [0.1, 0.15) is 6.04 Å². The topological polar surface area (TPSA) is 81.2 Å². The van der Waals surface area contributed by atoms with Crippen LogP contribution in [0.4, 0.5) is 5.69 Å². The lowest BCUT2D eigenvalue weighted by Gasteiger charge is -2.40. The fraction of sp³-hybridized carbons (Fsp3) is 0.472. The van der Waals surface area contributed by atoms with E-state index < -0.39 is 33.4 Å². The Bertz CT molecular complexity index is 1380. The van der Waals surface area contributed by atoms with Gasteiger partial charge in [-0.2, -0.15) is 0 Å². The molecule has 3 saturated heterocycles. The molecule has 7 nitrogen and oxygen atoms in total. The number of aliphatic hydroxyl groups is 1. The maximum absolute atomic E-state index is 14.8. The number of nitrogens with zero attached hydrogens (tertiary/aromatic N) is 3. The molecule has 2 unspecified atom stereocenters. The summed E-state index contributed by atoms with van der Waals surface area (Å²) in [4.78, 5) is 49.5. The first-order valence-corrected chi connectivity index (χ1v) is 16.5.